The van der Waals surface area contributed by atoms with Crippen LogP contribution in [0, 0.1) is 18.3 Å². The van der Waals surface area contributed by atoms with Gasteiger partial charge in [0.15, 0.2) is 0 Å². The van der Waals surface area contributed by atoms with Gasteiger partial charge in [0.1, 0.15) is 0 Å². The number of primary amides is 1. The number of aryl methyl sites for hydroxylation is 1. The quantitative estimate of drug-likeness (QED) is 0.855. The molecule has 1 aromatic rings. The van der Waals surface area contributed by atoms with Crippen LogP contribution >= 0.6 is 0 Å². The Balaban J connectivity index is 3.07. The molecule has 1 aromatic carbocycles. The van der Waals surface area contributed by atoms with Crippen LogP contribution in [0.25, 0.3) is 0 Å². The Morgan fingerprint density at radius 3 is 2.59 bits per heavy atom. The Bertz CT molecular complexity index is 460. The molecule has 0 saturated carbocycles. The van der Waals surface area contributed by atoms with Crippen LogP contribution in [0.3, 0.4) is 0 Å². The second kappa shape index (κ2) is 5.35. The second-order valence-corrected chi connectivity index (χ2v) is 4.30. The average molecular weight is 231 g/mol. The lowest BCUT2D eigenvalue weighted by molar-refractivity contribution is -0.116. The summed E-state index contributed by atoms with van der Waals surface area (Å²) in [5, 5.41) is 8.86. The van der Waals surface area contributed by atoms with E-state index in [1.165, 1.54) is 0 Å². The lowest BCUT2D eigenvalue weighted by atomic mass is 10.1. The van der Waals surface area contributed by atoms with Gasteiger partial charge in [0, 0.05) is 11.7 Å². The summed E-state index contributed by atoms with van der Waals surface area (Å²) < 4.78 is 0. The molecule has 1 rings (SSSR count). The molecule has 0 spiro atoms. The fraction of sp³-hybridized carbons (Fsp3) is 0.385. The zero-order valence-corrected chi connectivity index (χ0v) is 10.4. The Labute approximate surface area is 102 Å². The van der Waals surface area contributed by atoms with Gasteiger partial charge in [-0.2, -0.15) is 5.26 Å². The van der Waals surface area contributed by atoms with E-state index in [-0.39, 0.29) is 18.5 Å². The minimum atomic E-state index is -0.360. The molecule has 4 nitrogen and oxygen atoms in total. The summed E-state index contributed by atoms with van der Waals surface area (Å²) in [4.78, 5) is 12.9. The Kier molecular flexibility index (Phi) is 4.11. The first-order valence-electron chi connectivity index (χ1n) is 5.51. The third-order valence-electron chi connectivity index (χ3n) is 2.61. The van der Waals surface area contributed by atoms with Crippen molar-refractivity contribution in [1.82, 2.24) is 0 Å². The van der Waals surface area contributed by atoms with Gasteiger partial charge in [-0.1, -0.05) is 0 Å². The predicted octanol–water partition coefficient (Wildman–Crippen LogP) is 1.57. The normalized spacial score (nSPS) is 10.1. The fourth-order valence-corrected chi connectivity index (χ4v) is 1.69. The van der Waals surface area contributed by atoms with Crippen molar-refractivity contribution in [2.24, 2.45) is 5.73 Å². The number of carbonyl (C=O) groups is 1. The number of benzene rings is 1. The first kappa shape index (κ1) is 13.0. The SMILES string of the molecule is Cc1cc(N(CC(N)=O)C(C)C)ccc1C#N. The highest BCUT2D eigenvalue weighted by Crippen LogP contribution is 2.20. The maximum Gasteiger partial charge on any atom is 0.236 e. The topological polar surface area (TPSA) is 70.1 Å². The standard InChI is InChI=1S/C13H17N3O/c1-9(2)16(8-13(15)17)12-5-4-11(7-14)10(3)6-12/h4-6,9H,8H2,1-3H3,(H2,15,17). The van der Waals surface area contributed by atoms with Crippen molar-refractivity contribution in [1.29, 1.82) is 5.26 Å². The average Bonchev–Trinajstić information content (AvgIpc) is 2.25. The monoisotopic (exact) mass is 231 g/mol. The molecule has 2 N–H and O–H groups in total. The van der Waals surface area contributed by atoms with E-state index in [1.807, 2.05) is 37.8 Å². The number of rotatable bonds is 4. The summed E-state index contributed by atoms with van der Waals surface area (Å²) in [6, 6.07) is 7.81. The summed E-state index contributed by atoms with van der Waals surface area (Å²) in [7, 11) is 0. The minimum Gasteiger partial charge on any atom is -0.368 e. The van der Waals surface area contributed by atoms with Crippen LogP contribution < -0.4 is 10.6 Å². The number of nitrogens with zero attached hydrogens (tertiary/aromatic N) is 2. The zero-order valence-electron chi connectivity index (χ0n) is 10.4. The largest absolute Gasteiger partial charge is 0.368 e. The van der Waals surface area contributed by atoms with E-state index in [0.717, 1.165) is 11.3 Å². The Morgan fingerprint density at radius 1 is 1.53 bits per heavy atom. The van der Waals surface area contributed by atoms with Crippen molar-refractivity contribution in [2.75, 3.05) is 11.4 Å². The Morgan fingerprint density at radius 2 is 2.18 bits per heavy atom. The highest BCUT2D eigenvalue weighted by atomic mass is 16.1. The van der Waals surface area contributed by atoms with Crippen molar-refractivity contribution in [3.8, 4) is 6.07 Å². The molecule has 17 heavy (non-hydrogen) atoms. The highest BCUT2D eigenvalue weighted by molar-refractivity contribution is 5.79. The summed E-state index contributed by atoms with van der Waals surface area (Å²) in [6.45, 7) is 6.06. The molecule has 0 aliphatic carbocycles. The maximum atomic E-state index is 11.0. The number of anilines is 1. The van der Waals surface area contributed by atoms with Crippen LogP contribution in [0.4, 0.5) is 5.69 Å². The van der Waals surface area contributed by atoms with Crippen LogP contribution in [-0.2, 0) is 4.79 Å². The second-order valence-electron chi connectivity index (χ2n) is 4.30. The van der Waals surface area contributed by atoms with Gasteiger partial charge >= 0.3 is 0 Å². The molecule has 0 aliphatic heterocycles. The molecule has 90 valence electrons. The highest BCUT2D eigenvalue weighted by Gasteiger charge is 2.13. The number of nitrogens with two attached hydrogens (primary N) is 1. The summed E-state index contributed by atoms with van der Waals surface area (Å²) in [5.41, 5.74) is 7.69. The van der Waals surface area contributed by atoms with E-state index >= 15 is 0 Å². The van der Waals surface area contributed by atoms with E-state index in [9.17, 15) is 4.79 Å². The predicted molar refractivity (Wildman–Crippen MR) is 67.6 cm³/mol. The van der Waals surface area contributed by atoms with Gasteiger partial charge in [-0.15, -0.1) is 0 Å². The first-order valence-corrected chi connectivity index (χ1v) is 5.51. The van der Waals surface area contributed by atoms with Crippen molar-refractivity contribution >= 4 is 11.6 Å². The van der Waals surface area contributed by atoms with Crippen molar-refractivity contribution in [3.05, 3.63) is 29.3 Å². The van der Waals surface area contributed by atoms with Gasteiger partial charge in [0.05, 0.1) is 18.2 Å². The molecule has 0 bridgehead atoms. The van der Waals surface area contributed by atoms with Gasteiger partial charge in [-0.3, -0.25) is 4.79 Å². The molecular weight excluding hydrogens is 214 g/mol. The van der Waals surface area contributed by atoms with Gasteiger partial charge in [0.2, 0.25) is 5.91 Å². The van der Waals surface area contributed by atoms with Crippen molar-refractivity contribution < 1.29 is 4.79 Å². The molecule has 0 saturated heterocycles. The number of carbonyl (C=O) groups excluding carboxylic acids is 1. The molecule has 1 amide bonds. The van der Waals surface area contributed by atoms with Gasteiger partial charge in [-0.25, -0.2) is 0 Å². The van der Waals surface area contributed by atoms with Crippen molar-refractivity contribution in [3.63, 3.8) is 0 Å². The Hall–Kier alpha value is -2.02. The smallest absolute Gasteiger partial charge is 0.236 e. The lowest BCUT2D eigenvalue weighted by Gasteiger charge is -2.28. The first-order chi connectivity index (χ1) is 7.95. The van der Waals surface area contributed by atoms with Crippen molar-refractivity contribution in [2.45, 2.75) is 26.8 Å². The minimum absolute atomic E-state index is 0.176. The van der Waals surface area contributed by atoms with E-state index < -0.39 is 0 Å². The van der Waals surface area contributed by atoms with E-state index in [0.29, 0.717) is 5.56 Å². The molecule has 0 aliphatic rings. The molecule has 4 heteroatoms. The van der Waals surface area contributed by atoms with E-state index in [4.69, 9.17) is 11.0 Å². The molecule has 0 atom stereocenters. The van der Waals surface area contributed by atoms with Gasteiger partial charge in [-0.05, 0) is 44.5 Å². The van der Waals surface area contributed by atoms with Crippen LogP contribution in [0.5, 0.6) is 0 Å². The third kappa shape index (κ3) is 3.22. The molecule has 0 radical (unpaired) electrons. The van der Waals surface area contributed by atoms with E-state index in [2.05, 4.69) is 6.07 Å². The summed E-state index contributed by atoms with van der Waals surface area (Å²) in [6.07, 6.45) is 0. The summed E-state index contributed by atoms with van der Waals surface area (Å²) in [5.74, 6) is -0.360. The zero-order chi connectivity index (χ0) is 13.0. The fourth-order valence-electron chi connectivity index (χ4n) is 1.69. The molecule has 0 fully saturated rings. The van der Waals surface area contributed by atoms with Crippen LogP contribution in [0.1, 0.15) is 25.0 Å². The van der Waals surface area contributed by atoms with Crippen LogP contribution in [-0.4, -0.2) is 18.5 Å². The number of hydrogen-bond donors (Lipinski definition) is 1. The molecule has 0 unspecified atom stereocenters. The maximum absolute atomic E-state index is 11.0. The van der Waals surface area contributed by atoms with Gasteiger partial charge < -0.3 is 10.6 Å². The lowest BCUT2D eigenvalue weighted by Crippen LogP contribution is -2.38. The third-order valence-corrected chi connectivity index (χ3v) is 2.61. The molecule has 0 heterocycles. The summed E-state index contributed by atoms with van der Waals surface area (Å²) >= 11 is 0. The molecule has 0 aromatic heterocycles. The van der Waals surface area contributed by atoms with E-state index in [1.54, 1.807) is 6.07 Å². The molecular formula is C13H17N3O. The van der Waals surface area contributed by atoms with Crippen LogP contribution in [0.15, 0.2) is 18.2 Å². The number of nitriles is 1. The number of amides is 1. The van der Waals surface area contributed by atoms with Gasteiger partial charge in [0.25, 0.3) is 0 Å². The van der Waals surface area contributed by atoms with Crippen LogP contribution in [0.2, 0.25) is 0 Å². The number of hydrogen-bond acceptors (Lipinski definition) is 3.